The van der Waals surface area contributed by atoms with E-state index in [1.54, 1.807) is 25.2 Å². The fraction of sp³-hybridized carbons (Fsp3) is 0.250. The van der Waals surface area contributed by atoms with E-state index in [9.17, 15) is 9.59 Å². The van der Waals surface area contributed by atoms with Gasteiger partial charge in [0.15, 0.2) is 6.61 Å². The summed E-state index contributed by atoms with van der Waals surface area (Å²) in [5.74, 6) is -0.0288. The maximum Gasteiger partial charge on any atom is 0.261 e. The number of rotatable bonds is 8. The highest BCUT2D eigenvalue weighted by Crippen LogP contribution is 2.33. The molecule has 3 rings (SSSR count). The highest BCUT2D eigenvalue weighted by molar-refractivity contribution is 9.10. The predicted molar refractivity (Wildman–Crippen MR) is 132 cm³/mol. The van der Waals surface area contributed by atoms with E-state index < -0.39 is 6.04 Å². The summed E-state index contributed by atoms with van der Waals surface area (Å²) in [5.41, 5.74) is 0.693. The fourth-order valence-corrected chi connectivity index (χ4v) is 4.54. The van der Waals surface area contributed by atoms with Gasteiger partial charge < -0.3 is 15.0 Å². The average molecular weight is 538 g/mol. The van der Waals surface area contributed by atoms with E-state index in [0.717, 1.165) is 15.2 Å². The van der Waals surface area contributed by atoms with Crippen molar-refractivity contribution < 1.29 is 14.3 Å². The standard InChI is InChI=1S/C24H23BrCl2N2O3/c1-3-20(24(31)28-2)29(13-16-8-10-17(26)12-19(16)27)22(30)14-32-21-11-9-15-6-4-5-7-18(15)23(21)25/h4-12,20H,3,13-14H2,1-2H3,(H,28,31)/t20-/m0/s1. The molecule has 0 unspecified atom stereocenters. The van der Waals surface area contributed by atoms with Crippen molar-refractivity contribution in [2.45, 2.75) is 25.9 Å². The molecule has 3 aromatic carbocycles. The molecule has 1 atom stereocenters. The first-order valence-corrected chi connectivity index (χ1v) is 11.7. The summed E-state index contributed by atoms with van der Waals surface area (Å²) in [4.78, 5) is 27.2. The topological polar surface area (TPSA) is 58.6 Å². The number of benzene rings is 3. The van der Waals surface area contributed by atoms with Crippen LogP contribution >= 0.6 is 39.1 Å². The quantitative estimate of drug-likeness (QED) is 0.392. The zero-order chi connectivity index (χ0) is 23.3. The molecule has 0 spiro atoms. The Balaban J connectivity index is 1.84. The minimum absolute atomic E-state index is 0.156. The third-order valence-electron chi connectivity index (χ3n) is 5.17. The Labute approximate surface area is 205 Å². The van der Waals surface area contributed by atoms with Gasteiger partial charge >= 0.3 is 0 Å². The Bertz CT molecular complexity index is 1140. The van der Waals surface area contributed by atoms with Gasteiger partial charge in [0.05, 0.1) is 4.47 Å². The van der Waals surface area contributed by atoms with Gasteiger partial charge in [-0.3, -0.25) is 9.59 Å². The molecule has 32 heavy (non-hydrogen) atoms. The van der Waals surface area contributed by atoms with Crippen molar-refractivity contribution in [3.63, 3.8) is 0 Å². The molecule has 0 saturated heterocycles. The van der Waals surface area contributed by atoms with Crippen LogP contribution in [-0.4, -0.2) is 36.4 Å². The van der Waals surface area contributed by atoms with Crippen LogP contribution in [0.2, 0.25) is 10.0 Å². The second-order valence-corrected chi connectivity index (χ2v) is 8.82. The molecule has 0 aliphatic carbocycles. The van der Waals surface area contributed by atoms with E-state index in [1.165, 1.54) is 4.90 Å². The minimum Gasteiger partial charge on any atom is -0.483 e. The predicted octanol–water partition coefficient (Wildman–Crippen LogP) is 5.84. The van der Waals surface area contributed by atoms with E-state index >= 15 is 0 Å². The number of nitrogens with zero attached hydrogens (tertiary/aromatic N) is 1. The Morgan fingerprint density at radius 1 is 1.12 bits per heavy atom. The van der Waals surface area contributed by atoms with Gasteiger partial charge in [-0.25, -0.2) is 0 Å². The van der Waals surface area contributed by atoms with Crippen LogP contribution in [0.3, 0.4) is 0 Å². The number of amides is 2. The van der Waals surface area contributed by atoms with Crippen molar-refractivity contribution in [2.24, 2.45) is 0 Å². The lowest BCUT2D eigenvalue weighted by Gasteiger charge is -2.30. The number of hydrogen-bond acceptors (Lipinski definition) is 3. The average Bonchev–Trinajstić information content (AvgIpc) is 2.79. The fourth-order valence-electron chi connectivity index (χ4n) is 3.47. The molecule has 0 aliphatic rings. The number of halogens is 3. The Hall–Kier alpha value is -2.28. The van der Waals surface area contributed by atoms with E-state index in [1.807, 2.05) is 43.3 Å². The molecule has 0 saturated carbocycles. The van der Waals surface area contributed by atoms with Gasteiger partial charge in [0.1, 0.15) is 11.8 Å². The lowest BCUT2D eigenvalue weighted by atomic mass is 10.1. The summed E-state index contributed by atoms with van der Waals surface area (Å²) in [6, 6.07) is 16.0. The molecule has 0 fully saturated rings. The minimum atomic E-state index is -0.664. The van der Waals surface area contributed by atoms with Crippen molar-refractivity contribution >= 4 is 61.7 Å². The lowest BCUT2D eigenvalue weighted by molar-refractivity contribution is -0.142. The van der Waals surface area contributed by atoms with Crippen LogP contribution in [0.25, 0.3) is 10.8 Å². The molecule has 1 N–H and O–H groups in total. The summed E-state index contributed by atoms with van der Waals surface area (Å²) in [6.45, 7) is 1.78. The van der Waals surface area contributed by atoms with E-state index in [0.29, 0.717) is 27.8 Å². The van der Waals surface area contributed by atoms with Gasteiger partial charge in [-0.1, -0.05) is 66.5 Å². The van der Waals surface area contributed by atoms with Crippen molar-refractivity contribution in [3.8, 4) is 5.75 Å². The molecule has 5 nitrogen and oxygen atoms in total. The molecular formula is C24H23BrCl2N2O3. The molecule has 8 heteroatoms. The number of likely N-dealkylation sites (N-methyl/N-ethyl adjacent to an activating group) is 1. The number of nitrogens with one attached hydrogen (secondary N) is 1. The van der Waals surface area contributed by atoms with Gasteiger partial charge in [-0.2, -0.15) is 0 Å². The first-order chi connectivity index (χ1) is 15.3. The summed E-state index contributed by atoms with van der Waals surface area (Å²) in [6.07, 6.45) is 0.441. The van der Waals surface area contributed by atoms with Crippen LogP contribution in [0.15, 0.2) is 59.1 Å². The number of carbonyl (C=O) groups excluding carboxylic acids is 2. The summed E-state index contributed by atoms with van der Waals surface area (Å²) >= 11 is 15.9. The van der Waals surface area contributed by atoms with E-state index in [4.69, 9.17) is 27.9 Å². The van der Waals surface area contributed by atoms with Crippen LogP contribution in [0, 0.1) is 0 Å². The highest BCUT2D eigenvalue weighted by atomic mass is 79.9. The second-order valence-electron chi connectivity index (χ2n) is 7.18. The SMILES string of the molecule is CC[C@@H](C(=O)NC)N(Cc1ccc(Cl)cc1Cl)C(=O)COc1ccc2ccccc2c1Br. The van der Waals surface area contributed by atoms with Gasteiger partial charge in [0.2, 0.25) is 5.91 Å². The maximum absolute atomic E-state index is 13.2. The van der Waals surface area contributed by atoms with Crippen LogP contribution < -0.4 is 10.1 Å². The van der Waals surface area contributed by atoms with Gasteiger partial charge in [0, 0.05) is 23.6 Å². The third kappa shape index (κ3) is 5.55. The van der Waals surface area contributed by atoms with Crippen molar-refractivity contribution in [3.05, 3.63) is 74.7 Å². The molecular weight excluding hydrogens is 515 g/mol. The van der Waals surface area contributed by atoms with Crippen LogP contribution in [-0.2, 0) is 16.1 Å². The number of ether oxygens (including phenoxy) is 1. The van der Waals surface area contributed by atoms with Crippen molar-refractivity contribution in [2.75, 3.05) is 13.7 Å². The lowest BCUT2D eigenvalue weighted by Crippen LogP contribution is -2.49. The largest absolute Gasteiger partial charge is 0.483 e. The molecule has 0 aliphatic heterocycles. The number of hydrogen-bond donors (Lipinski definition) is 1. The van der Waals surface area contributed by atoms with Crippen LogP contribution in [0.5, 0.6) is 5.75 Å². The summed E-state index contributed by atoms with van der Waals surface area (Å²) in [5, 5.41) is 5.60. The van der Waals surface area contributed by atoms with Gasteiger partial charge in [-0.15, -0.1) is 0 Å². The molecule has 2 amide bonds. The van der Waals surface area contributed by atoms with E-state index in [-0.39, 0.29) is 25.0 Å². The van der Waals surface area contributed by atoms with Crippen molar-refractivity contribution in [1.82, 2.24) is 10.2 Å². The second kappa shape index (κ2) is 11.0. The van der Waals surface area contributed by atoms with E-state index in [2.05, 4.69) is 21.2 Å². The van der Waals surface area contributed by atoms with Gasteiger partial charge in [-0.05, 0) is 56.9 Å². The smallest absolute Gasteiger partial charge is 0.261 e. The Kier molecular flexibility index (Phi) is 8.40. The number of fused-ring (bicyclic) bond motifs is 1. The summed E-state index contributed by atoms with van der Waals surface area (Å²) < 4.78 is 6.63. The first kappa shape index (κ1) is 24.4. The molecule has 0 bridgehead atoms. The Morgan fingerprint density at radius 3 is 2.56 bits per heavy atom. The monoisotopic (exact) mass is 536 g/mol. The number of carbonyl (C=O) groups is 2. The summed E-state index contributed by atoms with van der Waals surface area (Å²) in [7, 11) is 1.55. The molecule has 0 heterocycles. The molecule has 0 radical (unpaired) electrons. The maximum atomic E-state index is 13.2. The third-order valence-corrected chi connectivity index (χ3v) is 6.57. The van der Waals surface area contributed by atoms with Crippen molar-refractivity contribution in [1.29, 1.82) is 0 Å². The first-order valence-electron chi connectivity index (χ1n) is 10.1. The normalized spacial score (nSPS) is 11.8. The Morgan fingerprint density at radius 2 is 1.88 bits per heavy atom. The van der Waals surface area contributed by atoms with Crippen LogP contribution in [0.1, 0.15) is 18.9 Å². The van der Waals surface area contributed by atoms with Gasteiger partial charge in [0.25, 0.3) is 5.91 Å². The molecule has 3 aromatic rings. The highest BCUT2D eigenvalue weighted by Gasteiger charge is 2.29. The molecule has 0 aromatic heterocycles. The zero-order valence-corrected chi connectivity index (χ0v) is 20.8. The zero-order valence-electron chi connectivity index (χ0n) is 17.7. The molecule has 168 valence electrons. The van der Waals surface area contributed by atoms with Crippen LogP contribution in [0.4, 0.5) is 0 Å².